The number of carbonyl (C=O) groups is 2. The highest BCUT2D eigenvalue weighted by Crippen LogP contribution is 2.19. The molecule has 6 heteroatoms. The molecular weight excluding hydrogens is 338 g/mol. The van der Waals surface area contributed by atoms with Crippen molar-refractivity contribution in [3.63, 3.8) is 0 Å². The number of rotatable bonds is 7. The molecule has 1 N–H and O–H groups in total. The zero-order valence-corrected chi connectivity index (χ0v) is 15.9. The highest BCUT2D eigenvalue weighted by Gasteiger charge is 2.28. The number of likely N-dealkylation sites (N-methyl/N-ethyl adjacent to an activating group) is 1. The van der Waals surface area contributed by atoms with Crippen LogP contribution in [-0.4, -0.2) is 60.9 Å². The molecular formula is C19H28ClN3O2. The molecule has 0 bridgehead atoms. The zero-order valence-electron chi connectivity index (χ0n) is 15.1. The molecule has 1 heterocycles. The fourth-order valence-electron chi connectivity index (χ4n) is 3.17. The zero-order chi connectivity index (χ0) is 18.2. The third kappa shape index (κ3) is 5.72. The summed E-state index contributed by atoms with van der Waals surface area (Å²) < 4.78 is 0. The summed E-state index contributed by atoms with van der Waals surface area (Å²) in [6.07, 6.45) is 1.69. The first-order valence-electron chi connectivity index (χ1n) is 9.10. The van der Waals surface area contributed by atoms with E-state index in [1.54, 1.807) is 29.2 Å². The molecule has 5 nitrogen and oxygen atoms in total. The molecule has 1 saturated heterocycles. The SMILES string of the molecule is CCN(CC)CCNC(=O)C1CCCN(C(=O)c2ccc(Cl)cc2)C1. The molecule has 1 aromatic carbocycles. The van der Waals surface area contributed by atoms with Gasteiger partial charge in [0.05, 0.1) is 5.92 Å². The number of hydrogen-bond donors (Lipinski definition) is 1. The molecule has 1 atom stereocenters. The van der Waals surface area contributed by atoms with Crippen LogP contribution in [0.25, 0.3) is 0 Å². The Morgan fingerprint density at radius 2 is 1.92 bits per heavy atom. The van der Waals surface area contributed by atoms with E-state index in [1.165, 1.54) is 0 Å². The van der Waals surface area contributed by atoms with Crippen molar-refractivity contribution >= 4 is 23.4 Å². The van der Waals surface area contributed by atoms with Gasteiger partial charge in [-0.15, -0.1) is 0 Å². The molecule has 1 unspecified atom stereocenters. The summed E-state index contributed by atoms with van der Waals surface area (Å²) in [6.45, 7) is 8.90. The first-order valence-corrected chi connectivity index (χ1v) is 9.47. The molecule has 0 aromatic heterocycles. The molecule has 0 spiro atoms. The van der Waals surface area contributed by atoms with Gasteiger partial charge in [-0.3, -0.25) is 9.59 Å². The van der Waals surface area contributed by atoms with Crippen molar-refractivity contribution in [2.45, 2.75) is 26.7 Å². The summed E-state index contributed by atoms with van der Waals surface area (Å²) >= 11 is 5.88. The molecule has 1 aromatic rings. The van der Waals surface area contributed by atoms with Crippen LogP contribution in [0.5, 0.6) is 0 Å². The van der Waals surface area contributed by atoms with Crippen LogP contribution in [0.15, 0.2) is 24.3 Å². The van der Waals surface area contributed by atoms with Gasteiger partial charge in [-0.2, -0.15) is 0 Å². The Hall–Kier alpha value is -1.59. The predicted molar refractivity (Wildman–Crippen MR) is 101 cm³/mol. The number of halogens is 1. The second-order valence-electron chi connectivity index (χ2n) is 6.42. The lowest BCUT2D eigenvalue weighted by Crippen LogP contribution is -2.46. The van der Waals surface area contributed by atoms with Gasteiger partial charge in [-0.1, -0.05) is 25.4 Å². The minimum atomic E-state index is -0.123. The van der Waals surface area contributed by atoms with E-state index in [4.69, 9.17) is 11.6 Å². The van der Waals surface area contributed by atoms with Crippen LogP contribution in [0.1, 0.15) is 37.0 Å². The van der Waals surface area contributed by atoms with Crippen LogP contribution in [0.2, 0.25) is 5.02 Å². The van der Waals surface area contributed by atoms with Crippen LogP contribution in [-0.2, 0) is 4.79 Å². The fourth-order valence-corrected chi connectivity index (χ4v) is 3.30. The lowest BCUT2D eigenvalue weighted by Gasteiger charge is -2.32. The lowest BCUT2D eigenvalue weighted by atomic mass is 9.96. The van der Waals surface area contributed by atoms with Crippen molar-refractivity contribution < 1.29 is 9.59 Å². The van der Waals surface area contributed by atoms with E-state index in [2.05, 4.69) is 24.1 Å². The first-order chi connectivity index (χ1) is 12.0. The van der Waals surface area contributed by atoms with Crippen LogP contribution < -0.4 is 5.32 Å². The van der Waals surface area contributed by atoms with Crippen molar-refractivity contribution in [1.29, 1.82) is 0 Å². The Morgan fingerprint density at radius 3 is 2.56 bits per heavy atom. The molecule has 138 valence electrons. The topological polar surface area (TPSA) is 52.7 Å². The minimum absolute atomic E-state index is 0.0303. The molecule has 2 rings (SSSR count). The van der Waals surface area contributed by atoms with Crippen molar-refractivity contribution in [3.8, 4) is 0 Å². The minimum Gasteiger partial charge on any atom is -0.355 e. The number of carbonyl (C=O) groups excluding carboxylic acids is 2. The van der Waals surface area contributed by atoms with E-state index in [1.807, 2.05) is 0 Å². The lowest BCUT2D eigenvalue weighted by molar-refractivity contribution is -0.126. The summed E-state index contributed by atoms with van der Waals surface area (Å²) in [6, 6.07) is 6.91. The summed E-state index contributed by atoms with van der Waals surface area (Å²) in [5.74, 6) is -0.0974. The number of nitrogens with one attached hydrogen (secondary N) is 1. The maximum absolute atomic E-state index is 12.6. The second kappa shape index (κ2) is 9.78. The van der Waals surface area contributed by atoms with E-state index in [0.29, 0.717) is 30.2 Å². The van der Waals surface area contributed by atoms with E-state index < -0.39 is 0 Å². The van der Waals surface area contributed by atoms with Crippen LogP contribution in [0, 0.1) is 5.92 Å². The van der Waals surface area contributed by atoms with Gasteiger partial charge in [-0.25, -0.2) is 0 Å². The predicted octanol–water partition coefficient (Wildman–Crippen LogP) is 2.65. The quantitative estimate of drug-likeness (QED) is 0.808. The number of likely N-dealkylation sites (tertiary alicyclic amines) is 1. The van der Waals surface area contributed by atoms with Crippen LogP contribution >= 0.6 is 11.6 Å². The summed E-state index contributed by atoms with van der Waals surface area (Å²) in [4.78, 5) is 29.1. The number of amides is 2. The maximum Gasteiger partial charge on any atom is 0.253 e. The Labute approximate surface area is 155 Å². The van der Waals surface area contributed by atoms with Gasteiger partial charge in [0.15, 0.2) is 0 Å². The smallest absolute Gasteiger partial charge is 0.253 e. The maximum atomic E-state index is 12.6. The summed E-state index contributed by atoms with van der Waals surface area (Å²) in [5, 5.41) is 3.63. The largest absolute Gasteiger partial charge is 0.355 e. The van der Waals surface area contributed by atoms with Gasteiger partial charge in [-0.05, 0) is 50.2 Å². The van der Waals surface area contributed by atoms with Crippen molar-refractivity contribution in [3.05, 3.63) is 34.9 Å². The molecule has 25 heavy (non-hydrogen) atoms. The van der Waals surface area contributed by atoms with Gasteiger partial charge in [0.1, 0.15) is 0 Å². The Kier molecular flexibility index (Phi) is 7.72. The first kappa shape index (κ1) is 19.7. The monoisotopic (exact) mass is 365 g/mol. The van der Waals surface area contributed by atoms with E-state index in [9.17, 15) is 9.59 Å². The Morgan fingerprint density at radius 1 is 1.24 bits per heavy atom. The van der Waals surface area contributed by atoms with Crippen molar-refractivity contribution in [1.82, 2.24) is 15.1 Å². The average molecular weight is 366 g/mol. The normalized spacial score (nSPS) is 17.6. The van der Waals surface area contributed by atoms with E-state index in [0.717, 1.165) is 32.5 Å². The van der Waals surface area contributed by atoms with Gasteiger partial charge in [0.2, 0.25) is 5.91 Å². The third-order valence-corrected chi connectivity index (χ3v) is 5.04. The summed E-state index contributed by atoms with van der Waals surface area (Å²) in [7, 11) is 0. The van der Waals surface area contributed by atoms with Gasteiger partial charge < -0.3 is 15.1 Å². The van der Waals surface area contributed by atoms with Crippen LogP contribution in [0.3, 0.4) is 0 Å². The van der Waals surface area contributed by atoms with Gasteiger partial charge in [0, 0.05) is 36.8 Å². The molecule has 1 fully saturated rings. The van der Waals surface area contributed by atoms with Gasteiger partial charge >= 0.3 is 0 Å². The Balaban J connectivity index is 1.86. The second-order valence-corrected chi connectivity index (χ2v) is 6.85. The van der Waals surface area contributed by atoms with E-state index in [-0.39, 0.29) is 17.7 Å². The molecule has 2 amide bonds. The van der Waals surface area contributed by atoms with Crippen molar-refractivity contribution in [2.24, 2.45) is 5.92 Å². The number of benzene rings is 1. The average Bonchev–Trinajstić information content (AvgIpc) is 2.65. The number of nitrogens with zero attached hydrogens (tertiary/aromatic N) is 2. The molecule has 0 aliphatic carbocycles. The molecule has 0 radical (unpaired) electrons. The number of hydrogen-bond acceptors (Lipinski definition) is 3. The fraction of sp³-hybridized carbons (Fsp3) is 0.579. The molecule has 1 aliphatic heterocycles. The number of piperidine rings is 1. The third-order valence-electron chi connectivity index (χ3n) is 4.79. The summed E-state index contributed by atoms with van der Waals surface area (Å²) in [5.41, 5.74) is 0.618. The van der Waals surface area contributed by atoms with Crippen LogP contribution in [0.4, 0.5) is 0 Å². The molecule has 0 saturated carbocycles. The van der Waals surface area contributed by atoms with Crippen molar-refractivity contribution in [2.75, 3.05) is 39.3 Å². The highest BCUT2D eigenvalue weighted by atomic mass is 35.5. The Bertz CT molecular complexity index is 573. The van der Waals surface area contributed by atoms with Gasteiger partial charge in [0.25, 0.3) is 5.91 Å². The standard InChI is InChI=1S/C19H28ClN3O2/c1-3-22(4-2)13-11-21-18(24)16-6-5-12-23(14-16)19(25)15-7-9-17(20)10-8-15/h7-10,16H,3-6,11-14H2,1-2H3,(H,21,24). The van der Waals surface area contributed by atoms with E-state index >= 15 is 0 Å². The molecule has 1 aliphatic rings. The highest BCUT2D eigenvalue weighted by molar-refractivity contribution is 6.30.